The molecule has 98 valence electrons. The Kier molecular flexibility index (Phi) is 4.48. The van der Waals surface area contributed by atoms with Crippen molar-refractivity contribution in [2.24, 2.45) is 5.41 Å². The van der Waals surface area contributed by atoms with E-state index in [1.807, 2.05) is 20.8 Å². The van der Waals surface area contributed by atoms with Crippen LogP contribution in [-0.4, -0.2) is 17.0 Å². The topological polar surface area (TPSA) is 66.4 Å². The first-order chi connectivity index (χ1) is 8.26. The zero-order valence-electron chi connectivity index (χ0n) is 11.0. The van der Waals surface area contributed by atoms with E-state index in [0.717, 1.165) is 5.56 Å². The number of anilines is 1. The number of benzene rings is 1. The molecule has 0 unspecified atom stereocenters. The van der Waals surface area contributed by atoms with E-state index in [9.17, 15) is 9.59 Å². The quantitative estimate of drug-likeness (QED) is 0.862. The molecule has 1 aromatic carbocycles. The summed E-state index contributed by atoms with van der Waals surface area (Å²) in [5.74, 6) is -0.895. The Hall–Kier alpha value is -1.84. The first kappa shape index (κ1) is 14.2. The molecule has 0 saturated carbocycles. The number of amides is 1. The Bertz CT molecular complexity index is 429. The van der Waals surface area contributed by atoms with E-state index in [1.54, 1.807) is 24.3 Å². The molecule has 0 fully saturated rings. The normalized spacial score (nSPS) is 11.1. The highest BCUT2D eigenvalue weighted by Crippen LogP contribution is 2.19. The van der Waals surface area contributed by atoms with Crippen LogP contribution in [0.3, 0.4) is 0 Å². The third-order valence-corrected chi connectivity index (χ3v) is 2.28. The number of hydrogen-bond acceptors (Lipinski definition) is 2. The molecule has 1 amide bonds. The van der Waals surface area contributed by atoms with Gasteiger partial charge < -0.3 is 10.4 Å². The standard InChI is InChI=1S/C14H19NO3/c1-14(2,3)9-12(16)15-11-6-4-10(5-7-11)8-13(17)18/h4-7H,8-9H2,1-3H3,(H,15,16)(H,17,18). The lowest BCUT2D eigenvalue weighted by molar-refractivity contribution is -0.136. The Morgan fingerprint density at radius 1 is 1.17 bits per heavy atom. The number of hydrogen-bond donors (Lipinski definition) is 2. The van der Waals surface area contributed by atoms with Crippen molar-refractivity contribution in [3.63, 3.8) is 0 Å². The van der Waals surface area contributed by atoms with Crippen LogP contribution >= 0.6 is 0 Å². The first-order valence-electron chi connectivity index (χ1n) is 5.87. The van der Waals surface area contributed by atoms with E-state index >= 15 is 0 Å². The molecule has 4 heteroatoms. The monoisotopic (exact) mass is 249 g/mol. The third-order valence-electron chi connectivity index (χ3n) is 2.28. The fourth-order valence-corrected chi connectivity index (χ4v) is 1.57. The number of nitrogens with one attached hydrogen (secondary N) is 1. The van der Waals surface area contributed by atoms with E-state index < -0.39 is 5.97 Å². The molecule has 18 heavy (non-hydrogen) atoms. The molecule has 0 aliphatic heterocycles. The minimum absolute atomic E-state index is 0.00375. The summed E-state index contributed by atoms with van der Waals surface area (Å²) in [4.78, 5) is 22.2. The van der Waals surface area contributed by atoms with Crippen LogP contribution in [-0.2, 0) is 16.0 Å². The maximum atomic E-state index is 11.7. The second-order valence-corrected chi connectivity index (χ2v) is 5.55. The van der Waals surface area contributed by atoms with Gasteiger partial charge in [-0.05, 0) is 23.1 Å². The second-order valence-electron chi connectivity index (χ2n) is 5.55. The lowest BCUT2D eigenvalue weighted by Gasteiger charge is -2.17. The van der Waals surface area contributed by atoms with Crippen LogP contribution in [0.2, 0.25) is 0 Å². The average Bonchev–Trinajstić information content (AvgIpc) is 2.17. The molecule has 0 bridgehead atoms. The van der Waals surface area contributed by atoms with Gasteiger partial charge in [-0.2, -0.15) is 0 Å². The average molecular weight is 249 g/mol. The van der Waals surface area contributed by atoms with Gasteiger partial charge >= 0.3 is 5.97 Å². The van der Waals surface area contributed by atoms with E-state index in [-0.39, 0.29) is 17.7 Å². The summed E-state index contributed by atoms with van der Waals surface area (Å²) in [7, 11) is 0. The fraction of sp³-hybridized carbons (Fsp3) is 0.429. The van der Waals surface area contributed by atoms with Crippen molar-refractivity contribution in [2.45, 2.75) is 33.6 Å². The van der Waals surface area contributed by atoms with Crippen LogP contribution in [0.1, 0.15) is 32.8 Å². The maximum absolute atomic E-state index is 11.7. The highest BCUT2D eigenvalue weighted by molar-refractivity contribution is 5.91. The van der Waals surface area contributed by atoms with Gasteiger partial charge in [0.2, 0.25) is 5.91 Å². The van der Waals surface area contributed by atoms with Crippen LogP contribution in [0, 0.1) is 5.41 Å². The van der Waals surface area contributed by atoms with Crippen LogP contribution < -0.4 is 5.32 Å². The molecule has 2 N–H and O–H groups in total. The lowest BCUT2D eigenvalue weighted by Crippen LogP contribution is -2.19. The number of aliphatic carboxylic acids is 1. The Labute approximate surface area is 107 Å². The highest BCUT2D eigenvalue weighted by Gasteiger charge is 2.15. The van der Waals surface area contributed by atoms with Crippen molar-refractivity contribution in [3.05, 3.63) is 29.8 Å². The fourth-order valence-electron chi connectivity index (χ4n) is 1.57. The number of carbonyl (C=O) groups excluding carboxylic acids is 1. The summed E-state index contributed by atoms with van der Waals surface area (Å²) in [6.07, 6.45) is 0.445. The van der Waals surface area contributed by atoms with Gasteiger partial charge in [0.05, 0.1) is 6.42 Å². The Morgan fingerprint density at radius 3 is 2.17 bits per heavy atom. The maximum Gasteiger partial charge on any atom is 0.307 e. The van der Waals surface area contributed by atoms with E-state index in [2.05, 4.69) is 5.32 Å². The van der Waals surface area contributed by atoms with Crippen molar-refractivity contribution < 1.29 is 14.7 Å². The molecule has 0 atom stereocenters. The summed E-state index contributed by atoms with van der Waals surface area (Å²) in [6, 6.07) is 6.86. The smallest absolute Gasteiger partial charge is 0.307 e. The van der Waals surface area contributed by atoms with Gasteiger partial charge in [-0.15, -0.1) is 0 Å². The van der Waals surface area contributed by atoms with E-state index in [1.165, 1.54) is 0 Å². The van der Waals surface area contributed by atoms with Gasteiger partial charge in [-0.25, -0.2) is 0 Å². The predicted octanol–water partition coefficient (Wildman–Crippen LogP) is 2.69. The number of carboxylic acid groups (broad SMARTS) is 1. The van der Waals surface area contributed by atoms with Crippen LogP contribution in [0.4, 0.5) is 5.69 Å². The van der Waals surface area contributed by atoms with Gasteiger partial charge in [-0.3, -0.25) is 9.59 Å². The molecule has 0 heterocycles. The predicted molar refractivity (Wildman–Crippen MR) is 70.5 cm³/mol. The van der Waals surface area contributed by atoms with Crippen molar-refractivity contribution in [1.29, 1.82) is 0 Å². The zero-order valence-corrected chi connectivity index (χ0v) is 11.0. The Balaban J connectivity index is 2.58. The highest BCUT2D eigenvalue weighted by atomic mass is 16.4. The Morgan fingerprint density at radius 2 is 1.72 bits per heavy atom. The molecule has 1 rings (SSSR count). The van der Waals surface area contributed by atoms with Gasteiger partial charge in [0, 0.05) is 12.1 Å². The summed E-state index contributed by atoms with van der Waals surface area (Å²) < 4.78 is 0. The van der Waals surface area contributed by atoms with Crippen molar-refractivity contribution in [2.75, 3.05) is 5.32 Å². The molecule has 0 aliphatic rings. The molecule has 0 saturated heterocycles. The van der Waals surface area contributed by atoms with Gasteiger partial charge in [0.1, 0.15) is 0 Å². The molecule has 1 aromatic rings. The molecule has 0 aromatic heterocycles. The largest absolute Gasteiger partial charge is 0.481 e. The van der Waals surface area contributed by atoms with E-state index in [4.69, 9.17) is 5.11 Å². The number of rotatable bonds is 4. The number of carbonyl (C=O) groups is 2. The molecule has 4 nitrogen and oxygen atoms in total. The van der Waals surface area contributed by atoms with Crippen LogP contribution in [0.25, 0.3) is 0 Å². The summed E-state index contributed by atoms with van der Waals surface area (Å²) in [5, 5.41) is 11.4. The van der Waals surface area contributed by atoms with Crippen LogP contribution in [0.15, 0.2) is 24.3 Å². The minimum atomic E-state index is -0.862. The lowest BCUT2D eigenvalue weighted by atomic mass is 9.92. The molecule has 0 spiro atoms. The summed E-state index contributed by atoms with van der Waals surface area (Å²) >= 11 is 0. The SMILES string of the molecule is CC(C)(C)CC(=O)Nc1ccc(CC(=O)O)cc1. The molecular weight excluding hydrogens is 230 g/mol. The number of carboxylic acids is 1. The minimum Gasteiger partial charge on any atom is -0.481 e. The van der Waals surface area contributed by atoms with Crippen molar-refractivity contribution in [3.8, 4) is 0 Å². The van der Waals surface area contributed by atoms with E-state index in [0.29, 0.717) is 12.1 Å². The van der Waals surface area contributed by atoms with Crippen LogP contribution in [0.5, 0.6) is 0 Å². The van der Waals surface area contributed by atoms with Gasteiger partial charge in [-0.1, -0.05) is 32.9 Å². The first-order valence-corrected chi connectivity index (χ1v) is 5.87. The zero-order chi connectivity index (χ0) is 13.8. The van der Waals surface area contributed by atoms with Crippen molar-refractivity contribution >= 4 is 17.6 Å². The van der Waals surface area contributed by atoms with Crippen molar-refractivity contribution in [1.82, 2.24) is 0 Å². The summed E-state index contributed by atoms with van der Waals surface area (Å²) in [6.45, 7) is 6.01. The summed E-state index contributed by atoms with van der Waals surface area (Å²) in [5.41, 5.74) is 1.36. The molecule has 0 radical (unpaired) electrons. The third kappa shape index (κ3) is 5.48. The van der Waals surface area contributed by atoms with Gasteiger partial charge in [0.15, 0.2) is 0 Å². The second kappa shape index (κ2) is 5.67. The molecule has 0 aliphatic carbocycles. The molecular formula is C14H19NO3. The van der Waals surface area contributed by atoms with Gasteiger partial charge in [0.25, 0.3) is 0 Å².